The molecule has 16 heavy (non-hydrogen) atoms. The van der Waals surface area contributed by atoms with Gasteiger partial charge in [-0.2, -0.15) is 0 Å². The second kappa shape index (κ2) is 3.92. The predicted molar refractivity (Wildman–Crippen MR) is 28.9 cm³/mol. The van der Waals surface area contributed by atoms with E-state index in [4.69, 9.17) is 0 Å². The molecule has 0 rings (SSSR count). The van der Waals surface area contributed by atoms with Gasteiger partial charge in [-0.15, -0.1) is 0 Å². The van der Waals surface area contributed by atoms with E-state index in [0.29, 0.717) is 0 Å². The molecule has 0 fully saturated rings. The molecule has 0 aromatic carbocycles. The molecule has 98 valence electrons. The summed E-state index contributed by atoms with van der Waals surface area (Å²) >= 11 is -7.36. The van der Waals surface area contributed by atoms with Gasteiger partial charge in [0.1, 0.15) is 0 Å². The van der Waals surface area contributed by atoms with Crippen LogP contribution in [0.25, 0.3) is 0 Å². The first-order chi connectivity index (χ1) is 6.65. The molecule has 0 spiro atoms. The fourth-order valence-electron chi connectivity index (χ4n) is 0.399. The Morgan fingerprint density at radius 1 is 0.500 bits per heavy atom. The van der Waals surface area contributed by atoms with E-state index < -0.39 is 36.9 Å². The first kappa shape index (κ1) is 15.8. The van der Waals surface area contributed by atoms with Crippen LogP contribution >= 0.6 is 0 Å². The van der Waals surface area contributed by atoms with Crippen molar-refractivity contribution < 1.29 is 47.4 Å². The zero-order valence-electron chi connectivity index (χ0n) is 6.60. The minimum atomic E-state index is -7.36. The Morgan fingerprint density at radius 3 is 0.812 bits per heavy atom. The van der Waals surface area contributed by atoms with E-state index >= 15 is 0 Å². The maximum atomic E-state index is 12.2. The summed E-state index contributed by atoms with van der Waals surface area (Å²) in [7, 11) is 0. The SMILES string of the molecule is F[As](C(F)(F)C(F)(F)F)C(F)(F)C(F)(F)F. The molecule has 12 heteroatoms. The minimum absolute atomic E-state index is 6.65. The number of halogens is 11. The molecule has 0 nitrogen and oxygen atoms in total. The van der Waals surface area contributed by atoms with Crippen LogP contribution in [0.3, 0.4) is 0 Å². The third-order valence-electron chi connectivity index (χ3n) is 1.18. The van der Waals surface area contributed by atoms with Gasteiger partial charge in [0.05, 0.1) is 0 Å². The summed E-state index contributed by atoms with van der Waals surface area (Å²) in [4.78, 5) is 0. The van der Waals surface area contributed by atoms with Crippen molar-refractivity contribution in [2.45, 2.75) is 21.8 Å². The Labute approximate surface area is 85.2 Å². The first-order valence-electron chi connectivity index (χ1n) is 3.01. The molecule has 0 aliphatic carbocycles. The van der Waals surface area contributed by atoms with Gasteiger partial charge in [0, 0.05) is 0 Å². The van der Waals surface area contributed by atoms with E-state index in [1.807, 2.05) is 0 Å². The molecule has 0 heterocycles. The molecular weight excluding hydrogens is 332 g/mol. The molecule has 0 aromatic rings. The monoisotopic (exact) mass is 332 g/mol. The summed E-state index contributed by atoms with van der Waals surface area (Å²) in [5.74, 6) is 0. The molecule has 0 aromatic heterocycles. The molecule has 0 amide bonds. The summed E-state index contributed by atoms with van der Waals surface area (Å²) in [6.45, 7) is 0. The van der Waals surface area contributed by atoms with Gasteiger partial charge < -0.3 is 0 Å². The van der Waals surface area contributed by atoms with Crippen molar-refractivity contribution in [3.05, 3.63) is 0 Å². The van der Waals surface area contributed by atoms with Crippen LogP contribution in [0.2, 0.25) is 0 Å². The predicted octanol–water partition coefficient (Wildman–Crippen LogP) is 3.42. The standard InChI is InChI=1S/C4AsF11/c6-1(7,3(10,11)12)5(16)2(8,9)4(13,14)15. The topological polar surface area (TPSA) is 0 Å². The normalized spacial score (nSPS) is 15.8. The molecule has 0 atom stereocenters. The molecule has 0 aliphatic rings. The van der Waals surface area contributed by atoms with Gasteiger partial charge in [-0.3, -0.25) is 0 Å². The number of hydrogen-bond acceptors (Lipinski definition) is 0. The zero-order valence-corrected chi connectivity index (χ0v) is 8.48. The third kappa shape index (κ3) is 2.54. The average molecular weight is 332 g/mol. The van der Waals surface area contributed by atoms with E-state index in [1.54, 1.807) is 0 Å². The van der Waals surface area contributed by atoms with Crippen molar-refractivity contribution in [2.75, 3.05) is 0 Å². The van der Waals surface area contributed by atoms with Crippen molar-refractivity contribution in [2.24, 2.45) is 0 Å². The number of rotatable bonds is 2. The fourth-order valence-corrected chi connectivity index (χ4v) is 2.07. The average Bonchev–Trinajstić information content (AvgIpc) is 1.98. The fraction of sp³-hybridized carbons (Fsp3) is 1.00. The Balaban J connectivity index is 5.30. The van der Waals surface area contributed by atoms with E-state index in [0.717, 1.165) is 0 Å². The second-order valence-electron chi connectivity index (χ2n) is 2.36. The summed E-state index contributed by atoms with van der Waals surface area (Å²) in [5.41, 5.74) is 0. The van der Waals surface area contributed by atoms with E-state index in [-0.39, 0.29) is 0 Å². The van der Waals surface area contributed by atoms with Crippen LogP contribution in [-0.2, 0) is 0 Å². The van der Waals surface area contributed by atoms with Crippen LogP contribution in [0.1, 0.15) is 0 Å². The Kier molecular flexibility index (Phi) is 3.87. The van der Waals surface area contributed by atoms with E-state index in [2.05, 4.69) is 0 Å². The van der Waals surface area contributed by atoms with Gasteiger partial charge in [0.15, 0.2) is 0 Å². The summed E-state index contributed by atoms with van der Waals surface area (Å²) in [6.07, 6.45) is -13.6. The molecule has 0 saturated carbocycles. The van der Waals surface area contributed by atoms with Crippen molar-refractivity contribution in [3.8, 4) is 0 Å². The Bertz CT molecular complexity index is 222. The quantitative estimate of drug-likeness (QED) is 0.537. The van der Waals surface area contributed by atoms with Crippen LogP contribution in [0.4, 0.5) is 47.4 Å². The summed E-state index contributed by atoms with van der Waals surface area (Å²) in [6, 6.07) is 0. The van der Waals surface area contributed by atoms with E-state index in [1.165, 1.54) is 0 Å². The third-order valence-corrected chi connectivity index (χ3v) is 4.31. The van der Waals surface area contributed by atoms with Gasteiger partial charge in [-0.05, 0) is 0 Å². The molecule has 0 saturated heterocycles. The maximum absolute atomic E-state index is 12.2. The summed E-state index contributed by atoms with van der Waals surface area (Å²) < 4.78 is 115. The zero-order chi connectivity index (χ0) is 13.6. The molecule has 0 aliphatic heterocycles. The molecular formula is C4AsF11. The van der Waals surface area contributed by atoms with Gasteiger partial charge in [0.2, 0.25) is 0 Å². The Hall–Kier alpha value is -0.212. The van der Waals surface area contributed by atoms with Crippen molar-refractivity contribution in [1.82, 2.24) is 0 Å². The van der Waals surface area contributed by atoms with Crippen LogP contribution in [0.15, 0.2) is 0 Å². The van der Waals surface area contributed by atoms with Crippen molar-refractivity contribution in [1.29, 1.82) is 0 Å². The Morgan fingerprint density at radius 2 is 0.688 bits per heavy atom. The summed E-state index contributed by atoms with van der Waals surface area (Å²) in [5, 5.41) is 0. The molecule has 0 radical (unpaired) electrons. The number of hydrogen-bond donors (Lipinski definition) is 0. The molecule has 0 unspecified atom stereocenters. The number of alkyl halides is 10. The van der Waals surface area contributed by atoms with Crippen LogP contribution < -0.4 is 0 Å². The molecule has 0 bridgehead atoms. The van der Waals surface area contributed by atoms with E-state index in [9.17, 15) is 47.4 Å². The van der Waals surface area contributed by atoms with Crippen molar-refractivity contribution >= 4 is 15.1 Å². The van der Waals surface area contributed by atoms with Crippen LogP contribution in [-0.4, -0.2) is 36.9 Å². The first-order valence-corrected chi connectivity index (χ1v) is 5.59. The van der Waals surface area contributed by atoms with Gasteiger partial charge in [-0.25, -0.2) is 0 Å². The van der Waals surface area contributed by atoms with Crippen LogP contribution in [0, 0.1) is 0 Å². The van der Waals surface area contributed by atoms with Gasteiger partial charge >= 0.3 is 84.3 Å². The second-order valence-corrected chi connectivity index (χ2v) is 5.89. The molecule has 0 N–H and O–H groups in total. The van der Waals surface area contributed by atoms with Crippen molar-refractivity contribution in [3.63, 3.8) is 0 Å². The van der Waals surface area contributed by atoms with Gasteiger partial charge in [0.25, 0.3) is 0 Å². The van der Waals surface area contributed by atoms with Crippen LogP contribution in [0.5, 0.6) is 0 Å². The van der Waals surface area contributed by atoms with Gasteiger partial charge in [-0.1, -0.05) is 0 Å².